The zero-order valence-electron chi connectivity index (χ0n) is 25.8. The predicted molar refractivity (Wildman–Crippen MR) is 163 cm³/mol. The van der Waals surface area contributed by atoms with Gasteiger partial charge in [-0.3, -0.25) is 38.2 Å². The van der Waals surface area contributed by atoms with E-state index in [1.807, 2.05) is 0 Å². The highest BCUT2D eigenvalue weighted by Gasteiger charge is 2.25. The summed E-state index contributed by atoms with van der Waals surface area (Å²) in [6, 6.07) is 0.119. The molecule has 2 heterocycles. The number of aldehydes is 2. The van der Waals surface area contributed by atoms with Crippen molar-refractivity contribution in [2.75, 3.05) is 13.1 Å². The van der Waals surface area contributed by atoms with Gasteiger partial charge < -0.3 is 50.6 Å². The predicted octanol–water partition coefficient (Wildman–Crippen LogP) is 0.681. The molecule has 268 valence electrons. The first-order valence-electron chi connectivity index (χ1n) is 13.8. The van der Waals surface area contributed by atoms with E-state index in [0.29, 0.717) is 12.6 Å². The Labute approximate surface area is 273 Å². The van der Waals surface area contributed by atoms with Crippen LogP contribution in [0.25, 0.3) is 0 Å². The second kappa shape index (κ2) is 20.0. The van der Waals surface area contributed by atoms with Crippen LogP contribution in [0.15, 0.2) is 12.4 Å². The standard InChI is InChI=1S/C10H18N2O4.2C8H10NO6P/c13-9(14)5-11-7-3-1-2-4-8(7)12-6-10(15)16;2*1-5-8(11)7(3-10)6(2-9-5)4-15-16(12,13)14/h7-8,11-12H,1-6H2,(H,13,14)(H,15,16);2*2-3,11H,4H2,1H3,(H2,12,13,14)/t7-,8+;;. The minimum atomic E-state index is -4.61. The molecule has 22 heteroatoms. The van der Waals surface area contributed by atoms with E-state index < -0.39 is 40.8 Å². The normalized spacial score (nSPS) is 16.0. The number of carboxylic acids is 2. The Hall–Kier alpha value is -3.68. The molecule has 0 aliphatic heterocycles. The molecule has 20 nitrogen and oxygen atoms in total. The number of rotatable bonds is 14. The summed E-state index contributed by atoms with van der Waals surface area (Å²) in [5.41, 5.74) is 0.564. The van der Waals surface area contributed by atoms with Gasteiger partial charge in [-0.05, 0) is 26.7 Å². The van der Waals surface area contributed by atoms with Crippen molar-refractivity contribution in [2.45, 2.75) is 64.8 Å². The summed E-state index contributed by atoms with van der Waals surface area (Å²) in [4.78, 5) is 83.7. The SMILES string of the molecule is Cc1ncc(COP(=O)(O)O)c(C=O)c1O.Cc1ncc(COP(=O)(O)O)c(C=O)c1O.O=C(O)CN[C@H]1CCCC[C@H]1NCC(=O)O. The van der Waals surface area contributed by atoms with Crippen LogP contribution in [-0.4, -0.2) is 99.7 Å². The molecule has 48 heavy (non-hydrogen) atoms. The van der Waals surface area contributed by atoms with E-state index >= 15 is 0 Å². The molecule has 1 aliphatic rings. The lowest BCUT2D eigenvalue weighted by molar-refractivity contribution is -0.137. The first-order valence-corrected chi connectivity index (χ1v) is 16.9. The van der Waals surface area contributed by atoms with Gasteiger partial charge in [0.1, 0.15) is 11.5 Å². The van der Waals surface area contributed by atoms with Crippen molar-refractivity contribution in [2.24, 2.45) is 0 Å². The summed E-state index contributed by atoms with van der Waals surface area (Å²) < 4.78 is 29.3. The number of aromatic hydroxyl groups is 2. The monoisotopic (exact) mass is 724 g/mol. The third kappa shape index (κ3) is 15.9. The molecule has 10 N–H and O–H groups in total. The van der Waals surface area contributed by atoms with Crippen LogP contribution in [0.5, 0.6) is 11.5 Å². The van der Waals surface area contributed by atoms with Gasteiger partial charge in [0.2, 0.25) is 0 Å². The van der Waals surface area contributed by atoms with Gasteiger partial charge >= 0.3 is 27.6 Å². The molecule has 1 fully saturated rings. The molecular weight excluding hydrogens is 686 g/mol. The molecule has 2 aromatic heterocycles. The average Bonchev–Trinajstić information content (AvgIpc) is 3.00. The molecule has 0 spiro atoms. The third-order valence-electron chi connectivity index (χ3n) is 6.52. The van der Waals surface area contributed by atoms with Gasteiger partial charge in [0.05, 0.1) is 48.8 Å². The van der Waals surface area contributed by atoms with E-state index in [1.54, 1.807) is 0 Å². The smallest absolute Gasteiger partial charge is 0.469 e. The maximum atomic E-state index is 10.7. The quantitative estimate of drug-likeness (QED) is 0.0945. The molecule has 2 atom stereocenters. The number of phosphoric ester groups is 2. The van der Waals surface area contributed by atoms with Crippen molar-refractivity contribution in [3.05, 3.63) is 46.0 Å². The van der Waals surface area contributed by atoms with E-state index in [9.17, 15) is 38.5 Å². The van der Waals surface area contributed by atoms with Crippen LogP contribution in [0.2, 0.25) is 0 Å². The molecule has 2 aromatic rings. The van der Waals surface area contributed by atoms with Crippen molar-refractivity contribution in [1.29, 1.82) is 0 Å². The number of carboxylic acid groups (broad SMARTS) is 2. The second-order valence-corrected chi connectivity index (χ2v) is 12.6. The highest BCUT2D eigenvalue weighted by Crippen LogP contribution is 2.38. The lowest BCUT2D eigenvalue weighted by Gasteiger charge is -2.32. The van der Waals surface area contributed by atoms with E-state index in [1.165, 1.54) is 26.2 Å². The van der Waals surface area contributed by atoms with Crippen molar-refractivity contribution in [3.8, 4) is 11.5 Å². The van der Waals surface area contributed by atoms with E-state index in [0.717, 1.165) is 25.7 Å². The van der Waals surface area contributed by atoms with Crippen LogP contribution in [0.3, 0.4) is 0 Å². The van der Waals surface area contributed by atoms with E-state index in [-0.39, 0.29) is 70.3 Å². The number of aliphatic carboxylic acids is 2. The molecule has 0 bridgehead atoms. The first-order chi connectivity index (χ1) is 22.3. The zero-order chi connectivity index (χ0) is 36.7. The van der Waals surface area contributed by atoms with E-state index in [2.05, 4.69) is 29.6 Å². The van der Waals surface area contributed by atoms with Crippen LogP contribution >= 0.6 is 15.6 Å². The number of nitrogens with zero attached hydrogens (tertiary/aromatic N) is 2. The number of phosphoric acid groups is 2. The summed E-state index contributed by atoms with van der Waals surface area (Å²) in [6.07, 6.45) is 7.09. The Kier molecular flexibility index (Phi) is 17.6. The maximum Gasteiger partial charge on any atom is 0.469 e. The summed E-state index contributed by atoms with van der Waals surface area (Å²) in [5, 5.41) is 42.0. The Morgan fingerprint density at radius 3 is 1.38 bits per heavy atom. The van der Waals surface area contributed by atoms with Crippen LogP contribution < -0.4 is 10.6 Å². The molecule has 1 saturated carbocycles. The van der Waals surface area contributed by atoms with Gasteiger partial charge in [0, 0.05) is 35.6 Å². The van der Waals surface area contributed by atoms with Crippen LogP contribution in [0, 0.1) is 13.8 Å². The average molecular weight is 725 g/mol. The summed E-state index contributed by atoms with van der Waals surface area (Å²) >= 11 is 0. The van der Waals surface area contributed by atoms with Gasteiger partial charge in [-0.15, -0.1) is 0 Å². The Morgan fingerprint density at radius 2 is 1.10 bits per heavy atom. The van der Waals surface area contributed by atoms with Crippen LogP contribution in [0.1, 0.15) is 68.9 Å². The van der Waals surface area contributed by atoms with Crippen LogP contribution in [-0.2, 0) is 41.0 Å². The van der Waals surface area contributed by atoms with Crippen LogP contribution in [0.4, 0.5) is 0 Å². The highest BCUT2D eigenvalue weighted by molar-refractivity contribution is 7.46. The van der Waals surface area contributed by atoms with E-state index in [4.69, 9.17) is 29.8 Å². The Bertz CT molecular complexity index is 1400. The second-order valence-electron chi connectivity index (χ2n) is 10.1. The van der Waals surface area contributed by atoms with Gasteiger partial charge in [0.15, 0.2) is 12.6 Å². The molecule has 0 unspecified atom stereocenters. The minimum absolute atomic E-state index is 0.0594. The number of hydrogen-bond acceptors (Lipinski definition) is 14. The molecule has 0 amide bonds. The van der Waals surface area contributed by atoms with Crippen molar-refractivity contribution in [1.82, 2.24) is 20.6 Å². The Morgan fingerprint density at radius 1 is 0.771 bits per heavy atom. The first kappa shape index (κ1) is 42.3. The number of nitrogens with one attached hydrogen (secondary N) is 2. The van der Waals surface area contributed by atoms with Crippen molar-refractivity contribution in [3.63, 3.8) is 0 Å². The fourth-order valence-electron chi connectivity index (χ4n) is 4.16. The molecule has 0 saturated heterocycles. The molecular formula is C26H38N4O16P2. The number of carbonyl (C=O) groups is 4. The number of aryl methyl sites for hydroxylation is 2. The van der Waals surface area contributed by atoms with Gasteiger partial charge in [0.25, 0.3) is 0 Å². The lowest BCUT2D eigenvalue weighted by atomic mass is 9.90. The molecule has 0 aromatic carbocycles. The molecule has 3 rings (SSSR count). The van der Waals surface area contributed by atoms with Crippen molar-refractivity contribution >= 4 is 40.2 Å². The topological polar surface area (TPSA) is 333 Å². The Balaban J connectivity index is 0.000000360. The van der Waals surface area contributed by atoms with Gasteiger partial charge in [-0.25, -0.2) is 9.13 Å². The summed E-state index contributed by atoms with van der Waals surface area (Å²) in [5.74, 6) is -2.41. The number of hydrogen-bond donors (Lipinski definition) is 10. The third-order valence-corrected chi connectivity index (χ3v) is 7.46. The molecule has 0 radical (unpaired) electrons. The summed E-state index contributed by atoms with van der Waals surface area (Å²) in [7, 11) is -9.23. The van der Waals surface area contributed by atoms with Crippen molar-refractivity contribution < 1.29 is 77.4 Å². The maximum absolute atomic E-state index is 10.7. The summed E-state index contributed by atoms with van der Waals surface area (Å²) in [6.45, 7) is 1.84. The number of aromatic nitrogens is 2. The largest absolute Gasteiger partial charge is 0.505 e. The van der Waals surface area contributed by atoms with Gasteiger partial charge in [-0.2, -0.15) is 0 Å². The fraction of sp³-hybridized carbons (Fsp3) is 0.462. The minimum Gasteiger partial charge on any atom is -0.505 e. The fourth-order valence-corrected chi connectivity index (χ4v) is 4.78. The molecule has 1 aliphatic carbocycles. The lowest BCUT2D eigenvalue weighted by Crippen LogP contribution is -2.52. The zero-order valence-corrected chi connectivity index (χ0v) is 27.5. The number of pyridine rings is 2. The van der Waals surface area contributed by atoms with Gasteiger partial charge in [-0.1, -0.05) is 12.8 Å². The number of carbonyl (C=O) groups excluding carboxylic acids is 2. The highest BCUT2D eigenvalue weighted by atomic mass is 31.2.